The number of amides is 2. The summed E-state index contributed by atoms with van der Waals surface area (Å²) in [6.07, 6.45) is -0.557. The van der Waals surface area contributed by atoms with Crippen LogP contribution in [0.3, 0.4) is 0 Å². The van der Waals surface area contributed by atoms with Crippen molar-refractivity contribution in [1.82, 2.24) is 5.06 Å². The highest BCUT2D eigenvalue weighted by atomic mass is 19.3. The van der Waals surface area contributed by atoms with Crippen molar-refractivity contribution in [3.63, 3.8) is 0 Å². The van der Waals surface area contributed by atoms with Gasteiger partial charge >= 0.3 is 12.6 Å². The van der Waals surface area contributed by atoms with Gasteiger partial charge in [-0.15, -0.1) is 0 Å². The van der Waals surface area contributed by atoms with E-state index in [4.69, 9.17) is 4.84 Å². The summed E-state index contributed by atoms with van der Waals surface area (Å²) >= 11 is 0. The molecule has 0 saturated heterocycles. The second-order valence-corrected chi connectivity index (χ2v) is 5.05. The van der Waals surface area contributed by atoms with E-state index in [-0.39, 0.29) is 24.0 Å². The highest BCUT2D eigenvalue weighted by Gasteiger charge is 2.43. The second-order valence-electron chi connectivity index (χ2n) is 5.05. The third kappa shape index (κ3) is 2.45. The fourth-order valence-electron chi connectivity index (χ4n) is 2.43. The first kappa shape index (κ1) is 14.6. The van der Waals surface area contributed by atoms with Crippen LogP contribution >= 0.6 is 0 Å². The van der Waals surface area contributed by atoms with Gasteiger partial charge in [0.2, 0.25) is 0 Å². The van der Waals surface area contributed by atoms with Crippen LogP contribution in [0.5, 0.6) is 0 Å². The van der Waals surface area contributed by atoms with Crippen LogP contribution in [0.2, 0.25) is 0 Å². The van der Waals surface area contributed by atoms with Gasteiger partial charge in [-0.3, -0.25) is 9.59 Å². The van der Waals surface area contributed by atoms with Crippen LogP contribution in [0.15, 0.2) is 24.3 Å². The molecule has 116 valence electrons. The highest BCUT2D eigenvalue weighted by molar-refractivity contribution is 6.20. The molecule has 0 atom stereocenters. The molecule has 1 heterocycles. The lowest BCUT2D eigenvalue weighted by atomic mass is 9.82. The Kier molecular flexibility index (Phi) is 3.61. The zero-order chi connectivity index (χ0) is 15.9. The maximum atomic E-state index is 12.0. The van der Waals surface area contributed by atoms with Crippen molar-refractivity contribution in [3.8, 4) is 0 Å². The second kappa shape index (κ2) is 5.45. The lowest BCUT2D eigenvalue weighted by Crippen LogP contribution is -2.42. The van der Waals surface area contributed by atoms with Crippen LogP contribution in [0.1, 0.15) is 33.6 Å². The molecule has 22 heavy (non-hydrogen) atoms. The largest absolute Gasteiger partial charge is 0.345 e. The van der Waals surface area contributed by atoms with E-state index in [1.807, 2.05) is 0 Å². The molecule has 0 aromatic heterocycles. The molecule has 0 unspecified atom stereocenters. The Hall–Kier alpha value is -2.35. The number of ether oxygens (including phenoxy) is 1. The fourth-order valence-corrected chi connectivity index (χ4v) is 2.43. The Morgan fingerprint density at radius 1 is 1.14 bits per heavy atom. The van der Waals surface area contributed by atoms with Gasteiger partial charge < -0.3 is 9.57 Å². The first-order valence-corrected chi connectivity index (χ1v) is 6.60. The Labute approximate surface area is 123 Å². The molecule has 8 heteroatoms. The molecule has 0 spiro atoms. The third-order valence-corrected chi connectivity index (χ3v) is 3.66. The molecular formula is C14H11F2NO5. The standard InChI is InChI=1S/C14H11F2NO5/c15-14(16)21-8-5-7(6-8)13(20)22-17-11(18)9-3-1-2-4-10(9)12(17)19/h1-4,7-8,14H,5-6H2. The molecule has 3 rings (SSSR count). The number of hydrogen-bond donors (Lipinski definition) is 0. The predicted octanol–water partition coefficient (Wildman–Crippen LogP) is 1.76. The van der Waals surface area contributed by atoms with Gasteiger partial charge in [-0.1, -0.05) is 17.2 Å². The lowest BCUT2D eigenvalue weighted by molar-refractivity contribution is -0.207. The Balaban J connectivity index is 1.60. The summed E-state index contributed by atoms with van der Waals surface area (Å²) in [6.45, 7) is -2.89. The van der Waals surface area contributed by atoms with Crippen molar-refractivity contribution in [2.75, 3.05) is 0 Å². The molecule has 0 N–H and O–H groups in total. The van der Waals surface area contributed by atoms with E-state index in [2.05, 4.69) is 4.74 Å². The van der Waals surface area contributed by atoms with Crippen LogP contribution in [0.25, 0.3) is 0 Å². The summed E-state index contributed by atoms with van der Waals surface area (Å²) < 4.78 is 28.2. The smallest absolute Gasteiger partial charge is 0.329 e. The maximum Gasteiger partial charge on any atom is 0.345 e. The number of alkyl halides is 2. The molecule has 0 bridgehead atoms. The van der Waals surface area contributed by atoms with Gasteiger partial charge in [-0.2, -0.15) is 8.78 Å². The molecule has 1 aromatic rings. The number of benzene rings is 1. The monoisotopic (exact) mass is 311 g/mol. The Morgan fingerprint density at radius 2 is 1.68 bits per heavy atom. The molecule has 2 amide bonds. The molecular weight excluding hydrogens is 300 g/mol. The number of fused-ring (bicyclic) bond motifs is 1. The van der Waals surface area contributed by atoms with Crippen molar-refractivity contribution in [2.45, 2.75) is 25.6 Å². The van der Waals surface area contributed by atoms with E-state index < -0.39 is 36.4 Å². The van der Waals surface area contributed by atoms with Crippen molar-refractivity contribution in [2.24, 2.45) is 5.92 Å². The van der Waals surface area contributed by atoms with Crippen molar-refractivity contribution < 1.29 is 32.7 Å². The maximum absolute atomic E-state index is 12.0. The van der Waals surface area contributed by atoms with E-state index in [9.17, 15) is 23.2 Å². The van der Waals surface area contributed by atoms with Gasteiger partial charge in [0.25, 0.3) is 11.8 Å². The van der Waals surface area contributed by atoms with Gasteiger partial charge in [0.1, 0.15) is 0 Å². The molecule has 0 radical (unpaired) electrons. The SMILES string of the molecule is O=C(ON1C(=O)c2ccccc2C1=O)C1CC(OC(F)F)C1. The average molecular weight is 311 g/mol. The van der Waals surface area contributed by atoms with Gasteiger partial charge in [-0.05, 0) is 25.0 Å². The molecule has 6 nitrogen and oxygen atoms in total. The van der Waals surface area contributed by atoms with Gasteiger partial charge in [0, 0.05) is 0 Å². The first-order valence-electron chi connectivity index (χ1n) is 6.60. The summed E-state index contributed by atoms with van der Waals surface area (Å²) in [4.78, 5) is 40.6. The Morgan fingerprint density at radius 3 is 2.18 bits per heavy atom. The lowest BCUT2D eigenvalue weighted by Gasteiger charge is -2.33. The van der Waals surface area contributed by atoms with Crippen molar-refractivity contribution in [3.05, 3.63) is 35.4 Å². The number of carbonyl (C=O) groups excluding carboxylic acids is 3. The topological polar surface area (TPSA) is 72.9 Å². The average Bonchev–Trinajstić information content (AvgIpc) is 2.68. The van der Waals surface area contributed by atoms with Gasteiger partial charge in [-0.25, -0.2) is 4.79 Å². The summed E-state index contributed by atoms with van der Waals surface area (Å²) in [5, 5.41) is 0.411. The molecule has 1 aliphatic carbocycles. The van der Waals surface area contributed by atoms with Crippen molar-refractivity contribution >= 4 is 17.8 Å². The zero-order valence-corrected chi connectivity index (χ0v) is 11.2. The molecule has 1 fully saturated rings. The van der Waals surface area contributed by atoms with E-state index in [0.717, 1.165) is 0 Å². The minimum atomic E-state index is -2.89. The minimum Gasteiger partial charge on any atom is -0.329 e. The van der Waals surface area contributed by atoms with Crippen molar-refractivity contribution in [1.29, 1.82) is 0 Å². The number of halogens is 2. The van der Waals surface area contributed by atoms with E-state index >= 15 is 0 Å². The summed E-state index contributed by atoms with van der Waals surface area (Å²) in [5.41, 5.74) is 0.320. The van der Waals surface area contributed by atoms with Gasteiger partial charge in [0.05, 0.1) is 23.1 Å². The summed E-state index contributed by atoms with van der Waals surface area (Å²) in [7, 11) is 0. The minimum absolute atomic E-state index is 0.0757. The van der Waals surface area contributed by atoms with E-state index in [0.29, 0.717) is 5.06 Å². The van der Waals surface area contributed by atoms with Crippen LogP contribution in [0, 0.1) is 5.92 Å². The molecule has 2 aliphatic rings. The van der Waals surface area contributed by atoms with Gasteiger partial charge in [0.15, 0.2) is 0 Å². The number of imide groups is 1. The number of hydrogen-bond acceptors (Lipinski definition) is 5. The van der Waals surface area contributed by atoms with Crippen LogP contribution in [-0.4, -0.2) is 35.6 Å². The van der Waals surface area contributed by atoms with Crippen LogP contribution in [-0.2, 0) is 14.4 Å². The summed E-state index contributed by atoms with van der Waals surface area (Å²) in [5.74, 6) is -2.89. The van der Waals surface area contributed by atoms with E-state index in [1.165, 1.54) is 12.1 Å². The molecule has 1 aromatic carbocycles. The number of hydroxylamine groups is 2. The highest BCUT2D eigenvalue weighted by Crippen LogP contribution is 2.33. The third-order valence-electron chi connectivity index (χ3n) is 3.66. The number of nitrogens with zero attached hydrogens (tertiary/aromatic N) is 1. The quantitative estimate of drug-likeness (QED) is 0.792. The zero-order valence-electron chi connectivity index (χ0n) is 11.2. The first-order chi connectivity index (χ1) is 10.5. The number of rotatable bonds is 4. The summed E-state index contributed by atoms with van der Waals surface area (Å²) in [6, 6.07) is 6.10. The fraction of sp³-hybridized carbons (Fsp3) is 0.357. The Bertz CT molecular complexity index is 607. The normalized spacial score (nSPS) is 23.5. The van der Waals surface area contributed by atoms with Crippen LogP contribution < -0.4 is 0 Å². The number of carbonyl (C=O) groups is 3. The molecule has 1 aliphatic heterocycles. The van der Waals surface area contributed by atoms with Crippen LogP contribution in [0.4, 0.5) is 8.78 Å². The van der Waals surface area contributed by atoms with E-state index in [1.54, 1.807) is 12.1 Å². The molecule has 1 saturated carbocycles. The predicted molar refractivity (Wildman–Crippen MR) is 66.6 cm³/mol.